The second kappa shape index (κ2) is 6.89. The van der Waals surface area contributed by atoms with Crippen LogP contribution in [0.25, 0.3) is 11.0 Å². The lowest BCUT2D eigenvalue weighted by Crippen LogP contribution is -2.23. The van der Waals surface area contributed by atoms with Crippen molar-refractivity contribution in [3.05, 3.63) is 52.8 Å². The van der Waals surface area contributed by atoms with Crippen molar-refractivity contribution in [1.29, 1.82) is 5.26 Å². The average Bonchev–Trinajstić information content (AvgIpc) is 3.05. The van der Waals surface area contributed by atoms with Crippen LogP contribution >= 0.6 is 11.6 Å². The van der Waals surface area contributed by atoms with E-state index in [1.165, 1.54) is 0 Å². The number of ether oxygens (including phenoxy) is 1. The van der Waals surface area contributed by atoms with E-state index in [1.54, 1.807) is 18.2 Å². The van der Waals surface area contributed by atoms with Gasteiger partial charge in [-0.15, -0.1) is 0 Å². The van der Waals surface area contributed by atoms with Crippen LogP contribution in [0.5, 0.6) is 5.75 Å². The predicted molar refractivity (Wildman–Crippen MR) is 102 cm³/mol. The summed E-state index contributed by atoms with van der Waals surface area (Å²) in [7, 11) is 0. The number of aromatic nitrogens is 2. The second-order valence-electron chi connectivity index (χ2n) is 6.74. The number of nitrogen functional groups attached to an aromatic ring is 1. The van der Waals surface area contributed by atoms with E-state index in [4.69, 9.17) is 32.3 Å². The van der Waals surface area contributed by atoms with Crippen molar-refractivity contribution in [3.8, 4) is 11.8 Å². The first-order valence-electron chi connectivity index (χ1n) is 8.74. The van der Waals surface area contributed by atoms with Crippen molar-refractivity contribution in [2.45, 2.75) is 37.7 Å². The van der Waals surface area contributed by atoms with Gasteiger partial charge in [-0.2, -0.15) is 5.26 Å². The van der Waals surface area contributed by atoms with Crippen LogP contribution in [-0.2, 0) is 0 Å². The third kappa shape index (κ3) is 3.33. The van der Waals surface area contributed by atoms with Gasteiger partial charge in [0.15, 0.2) is 0 Å². The van der Waals surface area contributed by atoms with Crippen molar-refractivity contribution in [3.63, 3.8) is 0 Å². The summed E-state index contributed by atoms with van der Waals surface area (Å²) in [4.78, 5) is 8.13. The Labute approximate surface area is 156 Å². The lowest BCUT2D eigenvalue weighted by atomic mass is 9.87. The van der Waals surface area contributed by atoms with E-state index < -0.39 is 0 Å². The molecule has 0 amide bonds. The fourth-order valence-electron chi connectivity index (χ4n) is 3.55. The zero-order valence-corrected chi connectivity index (χ0v) is 15.0. The van der Waals surface area contributed by atoms with E-state index in [0.29, 0.717) is 16.5 Å². The number of nitrogens with zero attached hydrogens (tertiary/aromatic N) is 2. The molecule has 1 fully saturated rings. The highest BCUT2D eigenvalue weighted by Crippen LogP contribution is 2.34. The molecule has 1 aliphatic carbocycles. The van der Waals surface area contributed by atoms with Crippen LogP contribution in [0.3, 0.4) is 0 Å². The number of aromatic amines is 1. The first-order chi connectivity index (χ1) is 12.6. The van der Waals surface area contributed by atoms with E-state index in [2.05, 4.69) is 11.1 Å². The van der Waals surface area contributed by atoms with Crippen molar-refractivity contribution in [2.24, 2.45) is 0 Å². The summed E-state index contributed by atoms with van der Waals surface area (Å²) in [5, 5.41) is 9.38. The molecule has 3 N–H and O–H groups in total. The zero-order chi connectivity index (χ0) is 18.1. The van der Waals surface area contributed by atoms with Gasteiger partial charge in [0.25, 0.3) is 0 Å². The summed E-state index contributed by atoms with van der Waals surface area (Å²) >= 11 is 6.08. The number of fused-ring (bicyclic) bond motifs is 1. The summed E-state index contributed by atoms with van der Waals surface area (Å²) < 4.78 is 6.05. The fraction of sp³-hybridized carbons (Fsp3) is 0.300. The van der Waals surface area contributed by atoms with Crippen LogP contribution in [0.15, 0.2) is 36.4 Å². The number of anilines is 1. The van der Waals surface area contributed by atoms with Crippen LogP contribution < -0.4 is 10.5 Å². The fourth-order valence-corrected chi connectivity index (χ4v) is 3.76. The second-order valence-corrected chi connectivity index (χ2v) is 7.15. The smallest absolute Gasteiger partial charge is 0.121 e. The number of nitrogens with one attached hydrogen (secondary N) is 1. The van der Waals surface area contributed by atoms with Gasteiger partial charge in [-0.1, -0.05) is 11.6 Å². The summed E-state index contributed by atoms with van der Waals surface area (Å²) in [5.74, 6) is 2.16. The average molecular weight is 367 g/mol. The maximum atomic E-state index is 8.94. The number of benzene rings is 2. The number of imidazole rings is 1. The highest BCUT2D eigenvalue weighted by Gasteiger charge is 2.25. The highest BCUT2D eigenvalue weighted by atomic mass is 35.5. The van der Waals surface area contributed by atoms with E-state index in [-0.39, 0.29) is 6.10 Å². The van der Waals surface area contributed by atoms with Crippen LogP contribution in [0.2, 0.25) is 5.02 Å². The van der Waals surface area contributed by atoms with Gasteiger partial charge in [0.05, 0.1) is 27.7 Å². The van der Waals surface area contributed by atoms with Crippen LogP contribution in [-0.4, -0.2) is 16.1 Å². The van der Waals surface area contributed by atoms with Crippen LogP contribution in [0.1, 0.15) is 43.0 Å². The Kier molecular flexibility index (Phi) is 4.44. The number of halogens is 1. The third-order valence-corrected chi connectivity index (χ3v) is 5.26. The molecule has 2 aromatic carbocycles. The number of hydrogen-bond donors (Lipinski definition) is 2. The molecule has 0 aliphatic heterocycles. The van der Waals surface area contributed by atoms with Gasteiger partial charge in [0, 0.05) is 17.7 Å². The topological polar surface area (TPSA) is 87.7 Å². The van der Waals surface area contributed by atoms with Crippen molar-refractivity contribution >= 4 is 28.3 Å². The Morgan fingerprint density at radius 1 is 1.15 bits per heavy atom. The molecule has 1 aromatic heterocycles. The standard InChI is InChI=1S/C20H19ClN4O/c21-17-10-16(7-3-13(17)11-22)26-15-5-1-12(2-6-15)20-24-18-8-4-14(23)9-19(18)25-20/h3-4,7-10,12,15H,1-2,5-6,23H2,(H,24,25). The number of hydrogen-bond acceptors (Lipinski definition) is 4. The minimum atomic E-state index is 0.162. The SMILES string of the molecule is N#Cc1ccc(OC2CCC(c3nc4ccc(N)cc4[nH]3)CC2)cc1Cl. The summed E-state index contributed by atoms with van der Waals surface area (Å²) in [5.41, 5.74) is 9.00. The van der Waals surface area contributed by atoms with E-state index in [9.17, 15) is 0 Å². The lowest BCUT2D eigenvalue weighted by Gasteiger charge is -2.28. The minimum Gasteiger partial charge on any atom is -0.490 e. The van der Waals surface area contributed by atoms with Crippen LogP contribution in [0, 0.1) is 11.3 Å². The van der Waals surface area contributed by atoms with Gasteiger partial charge in [-0.05, 0) is 56.0 Å². The first-order valence-corrected chi connectivity index (χ1v) is 9.11. The van der Waals surface area contributed by atoms with E-state index >= 15 is 0 Å². The molecular weight excluding hydrogens is 348 g/mol. The van der Waals surface area contributed by atoms with Crippen LogP contribution in [0.4, 0.5) is 5.69 Å². The van der Waals surface area contributed by atoms with Gasteiger partial charge >= 0.3 is 0 Å². The van der Waals surface area contributed by atoms with Crippen molar-refractivity contribution in [1.82, 2.24) is 9.97 Å². The monoisotopic (exact) mass is 366 g/mol. The number of nitrogens with two attached hydrogens (primary N) is 1. The van der Waals surface area contributed by atoms with Gasteiger partial charge in [0.1, 0.15) is 17.6 Å². The Morgan fingerprint density at radius 3 is 2.69 bits per heavy atom. The highest BCUT2D eigenvalue weighted by molar-refractivity contribution is 6.31. The molecule has 132 valence electrons. The molecule has 1 heterocycles. The molecule has 1 saturated carbocycles. The maximum Gasteiger partial charge on any atom is 0.121 e. The molecule has 1 aliphatic rings. The Balaban J connectivity index is 1.40. The summed E-state index contributed by atoms with van der Waals surface area (Å²) in [6.07, 6.45) is 4.12. The quantitative estimate of drug-likeness (QED) is 0.653. The molecule has 6 heteroatoms. The van der Waals surface area contributed by atoms with E-state index in [1.807, 2.05) is 18.2 Å². The third-order valence-electron chi connectivity index (χ3n) is 4.95. The maximum absolute atomic E-state index is 8.94. The van der Waals surface area contributed by atoms with Gasteiger partial charge in [-0.3, -0.25) is 0 Å². The lowest BCUT2D eigenvalue weighted by molar-refractivity contribution is 0.145. The molecule has 0 radical (unpaired) electrons. The number of H-pyrrole nitrogens is 1. The van der Waals surface area contributed by atoms with Crippen molar-refractivity contribution in [2.75, 3.05) is 5.73 Å². The number of nitriles is 1. The minimum absolute atomic E-state index is 0.162. The summed E-state index contributed by atoms with van der Waals surface area (Å²) in [6.45, 7) is 0. The molecule has 5 nitrogen and oxygen atoms in total. The molecule has 0 saturated heterocycles. The first kappa shape index (κ1) is 16.7. The molecule has 0 bridgehead atoms. The van der Waals surface area contributed by atoms with Gasteiger partial charge < -0.3 is 15.5 Å². The molecular formula is C20H19ClN4O. The van der Waals surface area contributed by atoms with Crippen molar-refractivity contribution < 1.29 is 4.74 Å². The Bertz CT molecular complexity index is 983. The Morgan fingerprint density at radius 2 is 1.96 bits per heavy atom. The molecule has 0 atom stereocenters. The normalized spacial score (nSPS) is 20.0. The predicted octanol–water partition coefficient (Wildman–Crippen LogP) is 4.78. The molecule has 26 heavy (non-hydrogen) atoms. The zero-order valence-electron chi connectivity index (χ0n) is 14.2. The molecule has 0 spiro atoms. The van der Waals surface area contributed by atoms with Gasteiger partial charge in [-0.25, -0.2) is 4.98 Å². The summed E-state index contributed by atoms with van der Waals surface area (Å²) in [6, 6.07) is 13.0. The number of rotatable bonds is 3. The van der Waals surface area contributed by atoms with E-state index in [0.717, 1.165) is 54.0 Å². The Hall–Kier alpha value is -2.71. The van der Waals surface area contributed by atoms with Gasteiger partial charge in [0.2, 0.25) is 0 Å². The molecule has 0 unspecified atom stereocenters. The molecule has 3 aromatic rings. The largest absolute Gasteiger partial charge is 0.490 e. The molecule has 4 rings (SSSR count).